The van der Waals surface area contributed by atoms with Gasteiger partial charge in [0.25, 0.3) is 5.91 Å². The summed E-state index contributed by atoms with van der Waals surface area (Å²) in [5.41, 5.74) is 5.72. The molecule has 0 aliphatic rings. The molecule has 2 aromatic rings. The van der Waals surface area contributed by atoms with Crippen molar-refractivity contribution in [3.63, 3.8) is 0 Å². The first-order chi connectivity index (χ1) is 8.52. The first-order valence-electron chi connectivity index (χ1n) is 5.17. The van der Waals surface area contributed by atoms with Gasteiger partial charge in [0, 0.05) is 10.9 Å². The summed E-state index contributed by atoms with van der Waals surface area (Å²) in [5.74, 6) is -0.173. The summed E-state index contributed by atoms with van der Waals surface area (Å²) < 4.78 is 5.05. The van der Waals surface area contributed by atoms with Crippen LogP contribution in [0.4, 0.5) is 0 Å². The molecule has 2 rings (SSSR count). The number of primary amides is 1. The molecule has 0 atom stereocenters. The number of nitrogens with two attached hydrogens (primary N) is 1. The van der Waals surface area contributed by atoms with Crippen molar-refractivity contribution in [1.29, 1.82) is 0 Å². The number of hydrogen-bond donors (Lipinski definition) is 3. The zero-order chi connectivity index (χ0) is 13.3. The quantitative estimate of drug-likeness (QED) is 0.678. The third kappa shape index (κ3) is 2.11. The maximum absolute atomic E-state index is 11.1. The summed E-state index contributed by atoms with van der Waals surface area (Å²) in [4.78, 5) is 15.2. The Labute approximate surface area is 103 Å². The maximum atomic E-state index is 11.1. The predicted octanol–water partition coefficient (Wildman–Crippen LogP) is 0.326. The SMILES string of the molecule is COc1ccc2nc(C(N)=O)cc(C(O)O)c2c1. The number of fused-ring (bicyclic) bond motifs is 1. The standard InChI is InChI=1S/C12H12N2O4/c1-18-6-2-3-9-7(4-6)8(12(16)17)5-10(14-9)11(13)15/h2-5,12,16-17H,1H3,(H2,13,15). The van der Waals surface area contributed by atoms with Crippen molar-refractivity contribution in [2.45, 2.75) is 6.29 Å². The Kier molecular flexibility index (Phi) is 3.14. The lowest BCUT2D eigenvalue weighted by Crippen LogP contribution is -2.14. The van der Waals surface area contributed by atoms with Gasteiger partial charge in [0.2, 0.25) is 0 Å². The van der Waals surface area contributed by atoms with Gasteiger partial charge in [-0.1, -0.05) is 0 Å². The molecule has 0 saturated carbocycles. The third-order valence-electron chi connectivity index (χ3n) is 2.58. The monoisotopic (exact) mass is 248 g/mol. The first-order valence-corrected chi connectivity index (χ1v) is 5.17. The molecule has 1 aromatic carbocycles. The van der Waals surface area contributed by atoms with Crippen LogP contribution in [0.15, 0.2) is 24.3 Å². The van der Waals surface area contributed by atoms with Gasteiger partial charge in [0.1, 0.15) is 11.4 Å². The number of aliphatic hydroxyl groups is 2. The number of nitrogens with zero attached hydrogens (tertiary/aromatic N) is 1. The van der Waals surface area contributed by atoms with E-state index in [-0.39, 0.29) is 11.3 Å². The van der Waals surface area contributed by atoms with Crippen molar-refractivity contribution in [2.24, 2.45) is 5.73 Å². The molecule has 0 bridgehead atoms. The minimum atomic E-state index is -1.72. The van der Waals surface area contributed by atoms with Crippen LogP contribution in [-0.4, -0.2) is 28.2 Å². The minimum Gasteiger partial charge on any atom is -0.497 e. The molecule has 0 saturated heterocycles. The van der Waals surface area contributed by atoms with Gasteiger partial charge in [0.05, 0.1) is 12.6 Å². The number of methoxy groups -OCH3 is 1. The lowest BCUT2D eigenvalue weighted by molar-refractivity contribution is -0.0413. The highest BCUT2D eigenvalue weighted by Crippen LogP contribution is 2.26. The molecule has 1 aromatic heterocycles. The fourth-order valence-corrected chi connectivity index (χ4v) is 1.70. The molecule has 0 aliphatic carbocycles. The van der Waals surface area contributed by atoms with E-state index in [1.165, 1.54) is 13.2 Å². The van der Waals surface area contributed by atoms with Gasteiger partial charge in [-0.2, -0.15) is 0 Å². The summed E-state index contributed by atoms with van der Waals surface area (Å²) >= 11 is 0. The van der Waals surface area contributed by atoms with Crippen molar-refractivity contribution in [3.8, 4) is 5.75 Å². The molecule has 94 valence electrons. The Balaban J connectivity index is 2.76. The maximum Gasteiger partial charge on any atom is 0.267 e. The first kappa shape index (κ1) is 12.3. The molecular formula is C12H12N2O4. The van der Waals surface area contributed by atoms with Gasteiger partial charge >= 0.3 is 0 Å². The molecule has 6 nitrogen and oxygen atoms in total. The average Bonchev–Trinajstić information content (AvgIpc) is 2.36. The van der Waals surface area contributed by atoms with Gasteiger partial charge in [-0.25, -0.2) is 4.98 Å². The zero-order valence-corrected chi connectivity index (χ0v) is 9.62. The Bertz CT molecular complexity index is 610. The van der Waals surface area contributed by atoms with Gasteiger partial charge in [-0.3, -0.25) is 4.79 Å². The van der Waals surface area contributed by atoms with Gasteiger partial charge in [-0.15, -0.1) is 0 Å². The van der Waals surface area contributed by atoms with E-state index in [9.17, 15) is 15.0 Å². The van der Waals surface area contributed by atoms with Crippen LogP contribution in [0.1, 0.15) is 22.3 Å². The van der Waals surface area contributed by atoms with E-state index in [0.717, 1.165) is 0 Å². The number of benzene rings is 1. The lowest BCUT2D eigenvalue weighted by atomic mass is 10.1. The molecule has 1 heterocycles. The van der Waals surface area contributed by atoms with E-state index in [1.54, 1.807) is 18.2 Å². The predicted molar refractivity (Wildman–Crippen MR) is 64.0 cm³/mol. The fourth-order valence-electron chi connectivity index (χ4n) is 1.70. The number of aromatic nitrogens is 1. The minimum absolute atomic E-state index is 0.0178. The van der Waals surface area contributed by atoms with Gasteiger partial charge in [-0.05, 0) is 24.3 Å². The highest BCUT2D eigenvalue weighted by atomic mass is 16.5. The molecule has 0 spiro atoms. The Morgan fingerprint density at radius 1 is 1.39 bits per heavy atom. The van der Waals surface area contributed by atoms with Crippen LogP contribution in [0.25, 0.3) is 10.9 Å². The van der Waals surface area contributed by atoms with Crippen LogP contribution < -0.4 is 10.5 Å². The molecule has 0 fully saturated rings. The summed E-state index contributed by atoms with van der Waals surface area (Å²) in [6, 6.07) is 6.15. The fraction of sp³-hybridized carbons (Fsp3) is 0.167. The molecule has 0 radical (unpaired) electrons. The van der Waals surface area contributed by atoms with Crippen molar-refractivity contribution in [2.75, 3.05) is 7.11 Å². The Morgan fingerprint density at radius 3 is 2.67 bits per heavy atom. The second-order valence-electron chi connectivity index (χ2n) is 3.72. The van der Waals surface area contributed by atoms with Crippen molar-refractivity contribution in [1.82, 2.24) is 4.98 Å². The molecule has 4 N–H and O–H groups in total. The summed E-state index contributed by atoms with van der Waals surface area (Å²) in [7, 11) is 1.50. The second kappa shape index (κ2) is 4.59. The number of ether oxygens (including phenoxy) is 1. The van der Waals surface area contributed by atoms with Crippen LogP contribution in [0.3, 0.4) is 0 Å². The van der Waals surface area contributed by atoms with Gasteiger partial charge < -0.3 is 20.7 Å². The molecule has 1 amide bonds. The number of aliphatic hydroxyl groups excluding tert-OH is 1. The van der Waals surface area contributed by atoms with E-state index in [1.807, 2.05) is 0 Å². The van der Waals surface area contributed by atoms with Crippen molar-refractivity contribution < 1.29 is 19.7 Å². The smallest absolute Gasteiger partial charge is 0.267 e. The number of amides is 1. The van der Waals surface area contributed by atoms with E-state index < -0.39 is 12.2 Å². The number of carbonyl (C=O) groups excluding carboxylic acids is 1. The largest absolute Gasteiger partial charge is 0.497 e. The van der Waals surface area contributed by atoms with E-state index in [4.69, 9.17) is 10.5 Å². The number of carbonyl (C=O) groups is 1. The summed E-state index contributed by atoms with van der Waals surface area (Å²) in [6.07, 6.45) is -1.72. The lowest BCUT2D eigenvalue weighted by Gasteiger charge is -2.10. The molecular weight excluding hydrogens is 236 g/mol. The molecule has 0 unspecified atom stereocenters. The molecule has 18 heavy (non-hydrogen) atoms. The van der Waals surface area contributed by atoms with Gasteiger partial charge in [0.15, 0.2) is 6.29 Å². The number of hydrogen-bond acceptors (Lipinski definition) is 5. The van der Waals surface area contributed by atoms with Crippen molar-refractivity contribution in [3.05, 3.63) is 35.5 Å². The highest BCUT2D eigenvalue weighted by Gasteiger charge is 2.14. The van der Waals surface area contributed by atoms with E-state index in [0.29, 0.717) is 16.7 Å². The molecule has 0 aliphatic heterocycles. The average molecular weight is 248 g/mol. The second-order valence-corrected chi connectivity index (χ2v) is 3.72. The highest BCUT2D eigenvalue weighted by molar-refractivity contribution is 5.95. The topological polar surface area (TPSA) is 106 Å². The summed E-state index contributed by atoms with van der Waals surface area (Å²) in [5, 5.41) is 19.1. The van der Waals surface area contributed by atoms with Crippen LogP contribution in [-0.2, 0) is 0 Å². The normalized spacial score (nSPS) is 10.9. The number of rotatable bonds is 3. The van der Waals surface area contributed by atoms with Crippen LogP contribution in [0.2, 0.25) is 0 Å². The Hall–Kier alpha value is -2.18. The van der Waals surface area contributed by atoms with Crippen molar-refractivity contribution >= 4 is 16.8 Å². The third-order valence-corrected chi connectivity index (χ3v) is 2.58. The molecule has 6 heteroatoms. The number of pyridine rings is 1. The van der Waals surface area contributed by atoms with E-state index >= 15 is 0 Å². The van der Waals surface area contributed by atoms with Crippen LogP contribution in [0.5, 0.6) is 5.75 Å². The zero-order valence-electron chi connectivity index (χ0n) is 9.62. The summed E-state index contributed by atoms with van der Waals surface area (Å²) in [6.45, 7) is 0. The van der Waals surface area contributed by atoms with Crippen LogP contribution >= 0.6 is 0 Å². The Morgan fingerprint density at radius 2 is 2.11 bits per heavy atom. The van der Waals surface area contributed by atoms with E-state index in [2.05, 4.69) is 4.98 Å². The van der Waals surface area contributed by atoms with Crippen LogP contribution in [0, 0.1) is 0 Å².